The molecule has 15 heavy (non-hydrogen) atoms. The lowest BCUT2D eigenvalue weighted by Crippen LogP contribution is -2.25. The Morgan fingerprint density at radius 3 is 3.07 bits per heavy atom. The lowest BCUT2D eigenvalue weighted by molar-refractivity contribution is 0.585. The summed E-state index contributed by atoms with van der Waals surface area (Å²) in [6.07, 6.45) is 2.67. The molecule has 0 unspecified atom stereocenters. The second-order valence-corrected chi connectivity index (χ2v) is 3.92. The summed E-state index contributed by atoms with van der Waals surface area (Å²) in [5.74, 6) is 0.997. The molecule has 0 aliphatic heterocycles. The third-order valence-corrected chi connectivity index (χ3v) is 2.22. The number of nitrogens with one attached hydrogen (secondary N) is 2. The Hall–Kier alpha value is -1.42. The fourth-order valence-corrected chi connectivity index (χ4v) is 1.49. The van der Waals surface area contributed by atoms with Crippen LogP contribution in [0.4, 0.5) is 0 Å². The Balaban J connectivity index is 2.03. The normalized spacial score (nSPS) is 11.4. The molecule has 2 heterocycles. The first-order valence-corrected chi connectivity index (χ1v) is 5.28. The van der Waals surface area contributed by atoms with Crippen molar-refractivity contribution in [3.05, 3.63) is 24.2 Å². The van der Waals surface area contributed by atoms with Crippen molar-refractivity contribution in [2.24, 2.45) is 0 Å². The molecule has 0 atom stereocenters. The minimum absolute atomic E-state index is 0.521. The van der Waals surface area contributed by atoms with Crippen molar-refractivity contribution in [3.63, 3.8) is 0 Å². The van der Waals surface area contributed by atoms with Gasteiger partial charge in [-0.3, -0.25) is 0 Å². The van der Waals surface area contributed by atoms with Crippen LogP contribution in [0.2, 0.25) is 0 Å². The van der Waals surface area contributed by atoms with E-state index < -0.39 is 0 Å². The van der Waals surface area contributed by atoms with E-state index in [1.807, 2.05) is 12.1 Å². The van der Waals surface area contributed by atoms with Gasteiger partial charge in [0.05, 0.1) is 5.52 Å². The maximum Gasteiger partial charge on any atom is 0.177 e. The van der Waals surface area contributed by atoms with Crippen LogP contribution in [0.5, 0.6) is 0 Å². The number of imidazole rings is 1. The van der Waals surface area contributed by atoms with E-state index in [2.05, 4.69) is 34.1 Å². The molecule has 0 radical (unpaired) electrons. The van der Waals surface area contributed by atoms with Gasteiger partial charge in [-0.25, -0.2) is 9.97 Å². The third-order valence-electron chi connectivity index (χ3n) is 2.22. The third kappa shape index (κ3) is 2.53. The van der Waals surface area contributed by atoms with Crippen molar-refractivity contribution in [1.29, 1.82) is 0 Å². The molecule has 0 amide bonds. The van der Waals surface area contributed by atoms with Crippen molar-refractivity contribution >= 4 is 11.2 Å². The van der Waals surface area contributed by atoms with Gasteiger partial charge in [-0.05, 0) is 12.1 Å². The van der Waals surface area contributed by atoms with Gasteiger partial charge in [0.15, 0.2) is 5.65 Å². The largest absolute Gasteiger partial charge is 0.341 e. The van der Waals surface area contributed by atoms with Crippen LogP contribution >= 0.6 is 0 Å². The number of H-pyrrole nitrogens is 1. The van der Waals surface area contributed by atoms with E-state index in [1.165, 1.54) is 0 Å². The minimum atomic E-state index is 0.521. The molecule has 0 aliphatic rings. The molecular weight excluding hydrogens is 188 g/mol. The van der Waals surface area contributed by atoms with E-state index in [-0.39, 0.29) is 0 Å². The molecule has 0 bridgehead atoms. The van der Waals surface area contributed by atoms with Gasteiger partial charge in [0.2, 0.25) is 0 Å². The number of hydrogen-bond acceptors (Lipinski definition) is 3. The van der Waals surface area contributed by atoms with E-state index in [9.17, 15) is 0 Å². The highest BCUT2D eigenvalue weighted by Crippen LogP contribution is 2.07. The monoisotopic (exact) mass is 204 g/mol. The van der Waals surface area contributed by atoms with Gasteiger partial charge in [0.25, 0.3) is 0 Å². The van der Waals surface area contributed by atoms with Crippen LogP contribution in [0.15, 0.2) is 18.3 Å². The Bertz CT molecular complexity index is 400. The van der Waals surface area contributed by atoms with Crippen LogP contribution < -0.4 is 5.32 Å². The first kappa shape index (κ1) is 10.1. The standard InChI is InChI=1S/C11H16N4/c1-8(2)12-7-5-10-14-9-4-3-6-13-11(9)15-10/h3-4,6,8,12H,5,7H2,1-2H3,(H,13,14,15). The van der Waals surface area contributed by atoms with Gasteiger partial charge in [-0.1, -0.05) is 13.8 Å². The summed E-state index contributed by atoms with van der Waals surface area (Å²) in [6.45, 7) is 5.22. The molecule has 0 aliphatic carbocycles. The van der Waals surface area contributed by atoms with Crippen molar-refractivity contribution in [1.82, 2.24) is 20.3 Å². The second kappa shape index (κ2) is 4.40. The van der Waals surface area contributed by atoms with Crippen LogP contribution in [-0.4, -0.2) is 27.5 Å². The van der Waals surface area contributed by atoms with E-state index in [0.717, 1.165) is 30.0 Å². The Morgan fingerprint density at radius 2 is 2.33 bits per heavy atom. The predicted molar refractivity (Wildman–Crippen MR) is 60.7 cm³/mol. The number of pyridine rings is 1. The zero-order valence-corrected chi connectivity index (χ0v) is 9.12. The minimum Gasteiger partial charge on any atom is -0.341 e. The lowest BCUT2D eigenvalue weighted by atomic mass is 10.3. The molecule has 0 fully saturated rings. The number of hydrogen-bond donors (Lipinski definition) is 2. The summed E-state index contributed by atoms with van der Waals surface area (Å²) in [7, 11) is 0. The number of aromatic nitrogens is 3. The Morgan fingerprint density at radius 1 is 1.47 bits per heavy atom. The van der Waals surface area contributed by atoms with Crippen molar-refractivity contribution < 1.29 is 0 Å². The highest BCUT2D eigenvalue weighted by molar-refractivity contribution is 5.69. The number of nitrogens with zero attached hydrogens (tertiary/aromatic N) is 2. The molecule has 80 valence electrons. The molecule has 2 N–H and O–H groups in total. The maximum absolute atomic E-state index is 4.40. The molecule has 2 aromatic heterocycles. The molecule has 0 aromatic carbocycles. The summed E-state index contributed by atoms with van der Waals surface area (Å²) in [6, 6.07) is 4.43. The zero-order valence-electron chi connectivity index (χ0n) is 9.12. The average Bonchev–Trinajstić information content (AvgIpc) is 2.59. The van der Waals surface area contributed by atoms with Crippen LogP contribution in [0, 0.1) is 0 Å². The van der Waals surface area contributed by atoms with Crippen molar-refractivity contribution in [3.8, 4) is 0 Å². The van der Waals surface area contributed by atoms with Gasteiger partial charge < -0.3 is 10.3 Å². The summed E-state index contributed by atoms with van der Waals surface area (Å²) in [4.78, 5) is 11.8. The fourth-order valence-electron chi connectivity index (χ4n) is 1.49. The SMILES string of the molecule is CC(C)NCCc1nc2ncccc2[nH]1. The van der Waals surface area contributed by atoms with Crippen molar-refractivity contribution in [2.75, 3.05) is 6.54 Å². The first-order valence-electron chi connectivity index (χ1n) is 5.28. The molecule has 0 saturated carbocycles. The Kier molecular flexibility index (Phi) is 2.97. The number of aromatic amines is 1. The van der Waals surface area contributed by atoms with Gasteiger partial charge in [-0.2, -0.15) is 0 Å². The van der Waals surface area contributed by atoms with Crippen LogP contribution in [0.3, 0.4) is 0 Å². The zero-order chi connectivity index (χ0) is 10.7. The first-order chi connectivity index (χ1) is 7.25. The van der Waals surface area contributed by atoms with Gasteiger partial charge >= 0.3 is 0 Å². The van der Waals surface area contributed by atoms with E-state index in [4.69, 9.17) is 0 Å². The molecule has 2 rings (SSSR count). The number of fused-ring (bicyclic) bond motifs is 1. The lowest BCUT2D eigenvalue weighted by Gasteiger charge is -2.05. The molecule has 0 saturated heterocycles. The van der Waals surface area contributed by atoms with Gasteiger partial charge in [0, 0.05) is 25.2 Å². The van der Waals surface area contributed by atoms with E-state index in [1.54, 1.807) is 6.20 Å². The summed E-state index contributed by atoms with van der Waals surface area (Å²) in [5.41, 5.74) is 1.81. The highest BCUT2D eigenvalue weighted by atomic mass is 15.0. The quantitative estimate of drug-likeness (QED) is 0.793. The topological polar surface area (TPSA) is 53.6 Å². The molecule has 4 nitrogen and oxygen atoms in total. The summed E-state index contributed by atoms with van der Waals surface area (Å²) < 4.78 is 0. The smallest absolute Gasteiger partial charge is 0.177 e. The molecular formula is C11H16N4. The predicted octanol–water partition coefficient (Wildman–Crippen LogP) is 1.50. The molecule has 4 heteroatoms. The van der Waals surface area contributed by atoms with E-state index in [0.29, 0.717) is 6.04 Å². The number of rotatable bonds is 4. The van der Waals surface area contributed by atoms with Crippen LogP contribution in [0.1, 0.15) is 19.7 Å². The summed E-state index contributed by atoms with van der Waals surface area (Å²) in [5, 5.41) is 3.36. The van der Waals surface area contributed by atoms with Crippen LogP contribution in [-0.2, 0) is 6.42 Å². The second-order valence-electron chi connectivity index (χ2n) is 3.92. The average molecular weight is 204 g/mol. The Labute approximate surface area is 89.1 Å². The fraction of sp³-hybridized carbons (Fsp3) is 0.455. The highest BCUT2D eigenvalue weighted by Gasteiger charge is 2.02. The molecule has 2 aromatic rings. The molecule has 0 spiro atoms. The van der Waals surface area contributed by atoms with Gasteiger partial charge in [-0.15, -0.1) is 0 Å². The summed E-state index contributed by atoms with van der Waals surface area (Å²) >= 11 is 0. The van der Waals surface area contributed by atoms with Crippen molar-refractivity contribution in [2.45, 2.75) is 26.3 Å². The maximum atomic E-state index is 4.40. The van der Waals surface area contributed by atoms with Crippen LogP contribution in [0.25, 0.3) is 11.2 Å². The van der Waals surface area contributed by atoms with E-state index >= 15 is 0 Å². The van der Waals surface area contributed by atoms with Gasteiger partial charge in [0.1, 0.15) is 5.82 Å².